The number of rotatable bonds is 4. The summed E-state index contributed by atoms with van der Waals surface area (Å²) in [6.45, 7) is 0. The van der Waals surface area contributed by atoms with Gasteiger partial charge < -0.3 is 11.1 Å². The van der Waals surface area contributed by atoms with Crippen LogP contribution in [-0.4, -0.2) is 11.7 Å². The highest BCUT2D eigenvalue weighted by Gasteiger charge is 2.09. The van der Waals surface area contributed by atoms with E-state index in [1.807, 2.05) is 0 Å². The molecule has 0 bridgehead atoms. The van der Waals surface area contributed by atoms with Gasteiger partial charge >= 0.3 is 0 Å². The fourth-order valence-electron chi connectivity index (χ4n) is 1.55. The van der Waals surface area contributed by atoms with E-state index in [4.69, 9.17) is 28.9 Å². The van der Waals surface area contributed by atoms with Crippen molar-refractivity contribution in [2.45, 2.75) is 4.90 Å². The van der Waals surface area contributed by atoms with E-state index >= 15 is 0 Å². The molecule has 0 heterocycles. The molecule has 0 spiro atoms. The Morgan fingerprint density at radius 3 is 2.57 bits per heavy atom. The number of halogens is 3. The standard InChI is InChI=1S/C14H11Cl2FN2OS/c15-8-2-4-12(10(17)5-8)19-14(20)7-21-13-6-9(16)1-3-11(13)18/h1-6H,7,18H2,(H,19,20). The van der Waals surface area contributed by atoms with Gasteiger partial charge in [-0.1, -0.05) is 23.2 Å². The minimum absolute atomic E-state index is 0.0871. The Morgan fingerprint density at radius 1 is 1.19 bits per heavy atom. The number of carbonyl (C=O) groups excluding carboxylic acids is 1. The van der Waals surface area contributed by atoms with Gasteiger partial charge in [0.15, 0.2) is 0 Å². The van der Waals surface area contributed by atoms with Crippen molar-refractivity contribution in [3.05, 3.63) is 52.3 Å². The van der Waals surface area contributed by atoms with Crippen LogP contribution in [0.1, 0.15) is 0 Å². The van der Waals surface area contributed by atoms with E-state index in [0.29, 0.717) is 15.6 Å². The Kier molecular flexibility index (Phi) is 5.33. The molecule has 110 valence electrons. The third-order valence-electron chi connectivity index (χ3n) is 2.54. The van der Waals surface area contributed by atoms with Crippen molar-refractivity contribution in [3.8, 4) is 0 Å². The van der Waals surface area contributed by atoms with Crippen molar-refractivity contribution in [2.75, 3.05) is 16.8 Å². The lowest BCUT2D eigenvalue weighted by atomic mass is 10.3. The van der Waals surface area contributed by atoms with Crippen molar-refractivity contribution in [1.29, 1.82) is 0 Å². The van der Waals surface area contributed by atoms with Gasteiger partial charge in [-0.2, -0.15) is 0 Å². The first-order valence-corrected chi connectivity index (χ1v) is 7.62. The highest BCUT2D eigenvalue weighted by Crippen LogP contribution is 2.28. The quantitative estimate of drug-likeness (QED) is 0.636. The summed E-state index contributed by atoms with van der Waals surface area (Å²) in [5.74, 6) is -0.837. The van der Waals surface area contributed by atoms with Gasteiger partial charge in [0.1, 0.15) is 5.82 Å². The molecule has 3 N–H and O–H groups in total. The topological polar surface area (TPSA) is 55.1 Å². The van der Waals surface area contributed by atoms with Gasteiger partial charge in [-0.15, -0.1) is 11.8 Å². The Labute approximate surface area is 135 Å². The lowest BCUT2D eigenvalue weighted by Gasteiger charge is -2.08. The fraction of sp³-hybridized carbons (Fsp3) is 0.0714. The molecular weight excluding hydrogens is 334 g/mol. The first-order valence-electron chi connectivity index (χ1n) is 5.88. The second-order valence-corrected chi connectivity index (χ2v) is 6.03. The lowest BCUT2D eigenvalue weighted by Crippen LogP contribution is -2.15. The summed E-state index contributed by atoms with van der Waals surface area (Å²) in [5, 5.41) is 3.28. The van der Waals surface area contributed by atoms with Crippen LogP contribution in [0.4, 0.5) is 15.8 Å². The zero-order valence-electron chi connectivity index (χ0n) is 10.7. The monoisotopic (exact) mass is 344 g/mol. The molecule has 3 nitrogen and oxygen atoms in total. The summed E-state index contributed by atoms with van der Waals surface area (Å²) in [4.78, 5) is 12.5. The molecule has 2 aromatic rings. The molecular formula is C14H11Cl2FN2OS. The van der Waals surface area contributed by atoms with Gasteiger partial charge in [-0.25, -0.2) is 4.39 Å². The number of hydrogen-bond donors (Lipinski definition) is 2. The van der Waals surface area contributed by atoms with Crippen LogP contribution in [0.15, 0.2) is 41.3 Å². The number of carbonyl (C=O) groups is 1. The summed E-state index contributed by atoms with van der Waals surface area (Å²) >= 11 is 12.7. The van der Waals surface area contributed by atoms with Crippen LogP contribution in [0.5, 0.6) is 0 Å². The number of anilines is 2. The molecule has 0 saturated heterocycles. The summed E-state index contributed by atoms with van der Waals surface area (Å²) in [6, 6.07) is 9.07. The van der Waals surface area contributed by atoms with E-state index in [2.05, 4.69) is 5.32 Å². The van der Waals surface area contributed by atoms with Crippen molar-refractivity contribution >= 4 is 52.2 Å². The highest BCUT2D eigenvalue weighted by molar-refractivity contribution is 8.00. The van der Waals surface area contributed by atoms with Crippen LogP contribution in [0.25, 0.3) is 0 Å². The van der Waals surface area contributed by atoms with Crippen LogP contribution >= 0.6 is 35.0 Å². The fourth-order valence-corrected chi connectivity index (χ4v) is 2.75. The average molecular weight is 345 g/mol. The molecule has 0 aliphatic carbocycles. The molecule has 0 unspecified atom stereocenters. The smallest absolute Gasteiger partial charge is 0.234 e. The van der Waals surface area contributed by atoms with Gasteiger partial charge in [-0.05, 0) is 36.4 Å². The third-order valence-corrected chi connectivity index (χ3v) is 4.08. The summed E-state index contributed by atoms with van der Waals surface area (Å²) in [6.07, 6.45) is 0. The number of nitrogens with one attached hydrogen (secondary N) is 1. The molecule has 2 rings (SSSR count). The Bertz CT molecular complexity index is 682. The van der Waals surface area contributed by atoms with Crippen LogP contribution in [0, 0.1) is 5.82 Å². The number of benzene rings is 2. The minimum atomic E-state index is -0.580. The number of amides is 1. The van der Waals surface area contributed by atoms with Gasteiger partial charge in [0.05, 0.1) is 11.4 Å². The summed E-state index contributed by atoms with van der Waals surface area (Å²) in [7, 11) is 0. The normalized spacial score (nSPS) is 10.4. The van der Waals surface area contributed by atoms with Crippen LogP contribution < -0.4 is 11.1 Å². The molecule has 7 heteroatoms. The van der Waals surface area contributed by atoms with E-state index in [0.717, 1.165) is 6.07 Å². The summed E-state index contributed by atoms with van der Waals surface area (Å²) < 4.78 is 13.5. The van der Waals surface area contributed by atoms with Crippen molar-refractivity contribution < 1.29 is 9.18 Å². The molecule has 0 fully saturated rings. The molecule has 0 aliphatic heterocycles. The number of nitrogens with two attached hydrogens (primary N) is 1. The van der Waals surface area contributed by atoms with E-state index in [-0.39, 0.29) is 22.4 Å². The zero-order chi connectivity index (χ0) is 15.4. The molecule has 0 aliphatic rings. The van der Waals surface area contributed by atoms with Crippen molar-refractivity contribution in [3.63, 3.8) is 0 Å². The minimum Gasteiger partial charge on any atom is -0.398 e. The molecule has 0 atom stereocenters. The van der Waals surface area contributed by atoms with E-state index in [9.17, 15) is 9.18 Å². The van der Waals surface area contributed by atoms with E-state index in [1.165, 1.54) is 23.9 Å². The number of hydrogen-bond acceptors (Lipinski definition) is 3. The molecule has 0 radical (unpaired) electrons. The maximum atomic E-state index is 13.5. The molecule has 0 saturated carbocycles. The second-order valence-electron chi connectivity index (χ2n) is 4.14. The van der Waals surface area contributed by atoms with Crippen molar-refractivity contribution in [1.82, 2.24) is 0 Å². The molecule has 2 aromatic carbocycles. The zero-order valence-corrected chi connectivity index (χ0v) is 13.0. The lowest BCUT2D eigenvalue weighted by molar-refractivity contribution is -0.113. The van der Waals surface area contributed by atoms with Crippen molar-refractivity contribution in [2.24, 2.45) is 0 Å². The largest absolute Gasteiger partial charge is 0.398 e. The van der Waals surface area contributed by atoms with Gasteiger partial charge in [0.25, 0.3) is 0 Å². The maximum Gasteiger partial charge on any atom is 0.234 e. The molecule has 0 aromatic heterocycles. The Balaban J connectivity index is 1.97. The first-order chi connectivity index (χ1) is 9.95. The predicted molar refractivity (Wildman–Crippen MR) is 86.6 cm³/mol. The Hall–Kier alpha value is -1.43. The predicted octanol–water partition coefficient (Wildman–Crippen LogP) is 4.45. The van der Waals surface area contributed by atoms with Crippen LogP contribution in [0.3, 0.4) is 0 Å². The molecule has 21 heavy (non-hydrogen) atoms. The summed E-state index contributed by atoms with van der Waals surface area (Å²) in [5.41, 5.74) is 6.41. The van der Waals surface area contributed by atoms with E-state index < -0.39 is 5.82 Å². The number of thioether (sulfide) groups is 1. The van der Waals surface area contributed by atoms with Gasteiger partial charge in [0, 0.05) is 20.6 Å². The SMILES string of the molecule is Nc1ccc(Cl)cc1SCC(=O)Nc1ccc(Cl)cc1F. The second kappa shape index (κ2) is 7.02. The molecule has 1 amide bonds. The first kappa shape index (κ1) is 15.9. The third kappa shape index (κ3) is 4.52. The Morgan fingerprint density at radius 2 is 1.86 bits per heavy atom. The highest BCUT2D eigenvalue weighted by atomic mass is 35.5. The van der Waals surface area contributed by atoms with Gasteiger partial charge in [0.2, 0.25) is 5.91 Å². The number of nitrogen functional groups attached to an aromatic ring is 1. The van der Waals surface area contributed by atoms with Crippen LogP contribution in [-0.2, 0) is 4.79 Å². The van der Waals surface area contributed by atoms with E-state index in [1.54, 1.807) is 18.2 Å². The maximum absolute atomic E-state index is 13.5. The van der Waals surface area contributed by atoms with Gasteiger partial charge in [-0.3, -0.25) is 4.79 Å². The van der Waals surface area contributed by atoms with Crippen LogP contribution in [0.2, 0.25) is 10.0 Å². The average Bonchev–Trinajstić information content (AvgIpc) is 2.43.